The van der Waals surface area contributed by atoms with Crippen LogP contribution in [0.25, 0.3) is 0 Å². The SMILES string of the molecule is CCc1cc(CC(N)c2ccc(OC)cc2F)n(CC)n1. The highest BCUT2D eigenvalue weighted by Crippen LogP contribution is 2.23. The Bertz CT molecular complexity index is 610. The summed E-state index contributed by atoms with van der Waals surface area (Å²) in [5, 5.41) is 4.49. The van der Waals surface area contributed by atoms with Gasteiger partial charge in [0.05, 0.1) is 12.8 Å². The minimum atomic E-state index is -0.400. The fraction of sp³-hybridized carbons (Fsp3) is 0.438. The number of methoxy groups -OCH3 is 1. The first kappa shape index (κ1) is 15.5. The van der Waals surface area contributed by atoms with E-state index in [1.54, 1.807) is 12.1 Å². The number of rotatable bonds is 6. The fourth-order valence-electron chi connectivity index (χ4n) is 2.40. The molecule has 2 N–H and O–H groups in total. The van der Waals surface area contributed by atoms with Gasteiger partial charge in [-0.3, -0.25) is 4.68 Å². The van der Waals surface area contributed by atoms with Crippen LogP contribution in [-0.2, 0) is 19.4 Å². The quantitative estimate of drug-likeness (QED) is 0.890. The first-order valence-electron chi connectivity index (χ1n) is 7.23. The minimum absolute atomic E-state index is 0.333. The molecule has 0 aliphatic carbocycles. The highest BCUT2D eigenvalue weighted by Gasteiger charge is 2.16. The molecule has 0 spiro atoms. The van der Waals surface area contributed by atoms with Crippen LogP contribution in [0.5, 0.6) is 5.75 Å². The number of benzene rings is 1. The molecule has 2 rings (SSSR count). The highest BCUT2D eigenvalue weighted by molar-refractivity contribution is 5.31. The van der Waals surface area contributed by atoms with E-state index >= 15 is 0 Å². The summed E-state index contributed by atoms with van der Waals surface area (Å²) < 4.78 is 21.0. The second-order valence-corrected chi connectivity index (χ2v) is 4.99. The molecule has 4 nitrogen and oxygen atoms in total. The van der Waals surface area contributed by atoms with E-state index in [1.165, 1.54) is 13.2 Å². The van der Waals surface area contributed by atoms with Crippen molar-refractivity contribution in [2.24, 2.45) is 5.73 Å². The molecule has 1 atom stereocenters. The van der Waals surface area contributed by atoms with Crippen molar-refractivity contribution in [1.29, 1.82) is 0 Å². The lowest BCUT2D eigenvalue weighted by atomic mass is 10.0. The van der Waals surface area contributed by atoms with Crippen molar-refractivity contribution in [3.8, 4) is 5.75 Å². The lowest BCUT2D eigenvalue weighted by Gasteiger charge is -2.14. The molecule has 0 fully saturated rings. The van der Waals surface area contributed by atoms with E-state index in [9.17, 15) is 4.39 Å². The van der Waals surface area contributed by atoms with Gasteiger partial charge in [0.1, 0.15) is 11.6 Å². The van der Waals surface area contributed by atoms with Crippen LogP contribution in [0.4, 0.5) is 4.39 Å². The number of aromatic nitrogens is 2. The number of halogens is 1. The summed E-state index contributed by atoms with van der Waals surface area (Å²) in [7, 11) is 1.51. The van der Waals surface area contributed by atoms with Gasteiger partial charge in [0.25, 0.3) is 0 Å². The van der Waals surface area contributed by atoms with Crippen LogP contribution >= 0.6 is 0 Å². The number of aryl methyl sites for hydroxylation is 2. The Morgan fingerprint density at radius 1 is 1.33 bits per heavy atom. The number of ether oxygens (including phenoxy) is 1. The molecule has 1 aromatic heterocycles. The van der Waals surface area contributed by atoms with E-state index in [0.717, 1.165) is 24.4 Å². The Kier molecular flexibility index (Phi) is 4.96. The van der Waals surface area contributed by atoms with Crippen LogP contribution in [0.15, 0.2) is 24.3 Å². The van der Waals surface area contributed by atoms with E-state index in [4.69, 9.17) is 10.5 Å². The largest absolute Gasteiger partial charge is 0.497 e. The van der Waals surface area contributed by atoms with Gasteiger partial charge >= 0.3 is 0 Å². The van der Waals surface area contributed by atoms with Crippen LogP contribution in [-0.4, -0.2) is 16.9 Å². The Labute approximate surface area is 124 Å². The van der Waals surface area contributed by atoms with Gasteiger partial charge in [-0.1, -0.05) is 13.0 Å². The van der Waals surface area contributed by atoms with E-state index in [1.807, 2.05) is 17.7 Å². The summed E-state index contributed by atoms with van der Waals surface area (Å²) in [4.78, 5) is 0. The molecule has 0 saturated heterocycles. The summed E-state index contributed by atoms with van der Waals surface area (Å²) in [6, 6.07) is 6.43. The van der Waals surface area contributed by atoms with Gasteiger partial charge < -0.3 is 10.5 Å². The molecule has 0 amide bonds. The van der Waals surface area contributed by atoms with Gasteiger partial charge in [0.2, 0.25) is 0 Å². The maximum Gasteiger partial charge on any atom is 0.131 e. The van der Waals surface area contributed by atoms with Crippen LogP contribution in [0.1, 0.15) is 36.8 Å². The molecule has 0 aliphatic heterocycles. The molecule has 1 heterocycles. The predicted octanol–water partition coefficient (Wildman–Crippen LogP) is 2.86. The van der Waals surface area contributed by atoms with E-state index in [-0.39, 0.29) is 5.82 Å². The Morgan fingerprint density at radius 2 is 2.10 bits per heavy atom. The molecule has 0 aliphatic rings. The predicted molar refractivity (Wildman–Crippen MR) is 80.9 cm³/mol. The first-order chi connectivity index (χ1) is 10.1. The van der Waals surface area contributed by atoms with Crippen molar-refractivity contribution in [2.75, 3.05) is 7.11 Å². The summed E-state index contributed by atoms with van der Waals surface area (Å²) in [5.74, 6) is 0.162. The molecule has 1 aromatic carbocycles. The average Bonchev–Trinajstić information content (AvgIpc) is 2.88. The fourth-order valence-corrected chi connectivity index (χ4v) is 2.40. The monoisotopic (exact) mass is 291 g/mol. The number of nitrogens with zero attached hydrogens (tertiary/aromatic N) is 2. The Balaban J connectivity index is 2.21. The lowest BCUT2D eigenvalue weighted by molar-refractivity contribution is 0.410. The second kappa shape index (κ2) is 6.72. The van der Waals surface area contributed by atoms with Gasteiger partial charge in [-0.15, -0.1) is 0 Å². The minimum Gasteiger partial charge on any atom is -0.497 e. The molecular weight excluding hydrogens is 269 g/mol. The van der Waals surface area contributed by atoms with Gasteiger partial charge in [-0.05, 0) is 25.5 Å². The Hall–Kier alpha value is -1.88. The third-order valence-corrected chi connectivity index (χ3v) is 3.61. The average molecular weight is 291 g/mol. The zero-order valence-corrected chi connectivity index (χ0v) is 12.8. The normalized spacial score (nSPS) is 12.4. The van der Waals surface area contributed by atoms with Gasteiger partial charge in [-0.25, -0.2) is 4.39 Å². The standard InChI is InChI=1S/C16H22FN3O/c1-4-11-8-12(20(5-2)19-11)9-16(18)14-7-6-13(21-3)10-15(14)17/h6-8,10,16H,4-5,9,18H2,1-3H3. The molecule has 2 aromatic rings. The molecule has 5 heteroatoms. The maximum atomic E-state index is 14.1. The van der Waals surface area contributed by atoms with E-state index in [2.05, 4.69) is 12.0 Å². The van der Waals surface area contributed by atoms with Crippen LogP contribution in [0.3, 0.4) is 0 Å². The number of hydrogen-bond acceptors (Lipinski definition) is 3. The third-order valence-electron chi connectivity index (χ3n) is 3.61. The zero-order valence-electron chi connectivity index (χ0n) is 12.8. The molecule has 0 bridgehead atoms. The first-order valence-corrected chi connectivity index (χ1v) is 7.23. The van der Waals surface area contributed by atoms with Crippen molar-refractivity contribution in [3.63, 3.8) is 0 Å². The highest BCUT2D eigenvalue weighted by atomic mass is 19.1. The molecular formula is C16H22FN3O. The lowest BCUT2D eigenvalue weighted by Crippen LogP contribution is -2.17. The molecule has 0 saturated carbocycles. The van der Waals surface area contributed by atoms with E-state index in [0.29, 0.717) is 17.7 Å². The van der Waals surface area contributed by atoms with Crippen LogP contribution < -0.4 is 10.5 Å². The van der Waals surface area contributed by atoms with Crippen molar-refractivity contribution in [3.05, 3.63) is 47.0 Å². The number of nitrogens with two attached hydrogens (primary N) is 1. The summed E-state index contributed by atoms with van der Waals surface area (Å²) in [6.07, 6.45) is 1.44. The molecule has 0 radical (unpaired) electrons. The molecule has 114 valence electrons. The number of hydrogen-bond donors (Lipinski definition) is 1. The third kappa shape index (κ3) is 3.42. The molecule has 1 unspecified atom stereocenters. The second-order valence-electron chi connectivity index (χ2n) is 4.99. The zero-order chi connectivity index (χ0) is 15.4. The maximum absolute atomic E-state index is 14.1. The summed E-state index contributed by atoms with van der Waals surface area (Å²) >= 11 is 0. The molecule has 21 heavy (non-hydrogen) atoms. The van der Waals surface area contributed by atoms with Crippen molar-refractivity contribution in [2.45, 2.75) is 39.3 Å². The van der Waals surface area contributed by atoms with Crippen molar-refractivity contribution >= 4 is 0 Å². The topological polar surface area (TPSA) is 53.1 Å². The smallest absolute Gasteiger partial charge is 0.131 e. The van der Waals surface area contributed by atoms with Gasteiger partial charge in [-0.2, -0.15) is 5.10 Å². The van der Waals surface area contributed by atoms with Crippen LogP contribution in [0.2, 0.25) is 0 Å². The van der Waals surface area contributed by atoms with Gasteiger partial charge in [0, 0.05) is 36.3 Å². The summed E-state index contributed by atoms with van der Waals surface area (Å²) in [5.41, 5.74) is 8.74. The van der Waals surface area contributed by atoms with E-state index < -0.39 is 6.04 Å². The van der Waals surface area contributed by atoms with Crippen molar-refractivity contribution < 1.29 is 9.13 Å². The van der Waals surface area contributed by atoms with Gasteiger partial charge in [0.15, 0.2) is 0 Å². The van der Waals surface area contributed by atoms with Crippen molar-refractivity contribution in [1.82, 2.24) is 9.78 Å². The summed E-state index contributed by atoms with van der Waals surface area (Å²) in [6.45, 7) is 4.89. The van der Waals surface area contributed by atoms with Crippen LogP contribution in [0, 0.1) is 5.82 Å². The Morgan fingerprint density at radius 3 is 2.67 bits per heavy atom.